The number of hydrogen-bond donors (Lipinski definition) is 2. The van der Waals surface area contributed by atoms with Crippen LogP contribution in [0.4, 0.5) is 10.1 Å². The van der Waals surface area contributed by atoms with Gasteiger partial charge in [-0.05, 0) is 18.2 Å². The van der Waals surface area contributed by atoms with E-state index in [4.69, 9.17) is 5.11 Å². The Morgan fingerprint density at radius 2 is 2.11 bits per heavy atom. The molecule has 0 aromatic heterocycles. The topological polar surface area (TPSA) is 69.6 Å². The van der Waals surface area contributed by atoms with Crippen molar-refractivity contribution >= 4 is 15.9 Å². The van der Waals surface area contributed by atoms with Gasteiger partial charge in [-0.3, -0.25) is 4.72 Å². The van der Waals surface area contributed by atoms with E-state index in [2.05, 4.69) is 16.6 Å². The van der Waals surface area contributed by atoms with E-state index in [9.17, 15) is 12.8 Å². The van der Waals surface area contributed by atoms with Crippen LogP contribution in [0.5, 0.6) is 0 Å². The van der Waals surface area contributed by atoms with Gasteiger partial charge in [0, 0.05) is 20.5 Å². The molecular formula is C12H15FN2O3S. The summed E-state index contributed by atoms with van der Waals surface area (Å²) in [6.45, 7) is -0.110. The van der Waals surface area contributed by atoms with Gasteiger partial charge in [-0.1, -0.05) is 11.8 Å². The van der Waals surface area contributed by atoms with Gasteiger partial charge in [0.1, 0.15) is 5.82 Å². The highest BCUT2D eigenvalue weighted by Gasteiger charge is 2.15. The highest BCUT2D eigenvalue weighted by Crippen LogP contribution is 2.18. The van der Waals surface area contributed by atoms with Crippen LogP contribution in [-0.4, -0.2) is 38.5 Å². The largest absolute Gasteiger partial charge is 0.395 e. The molecule has 0 aliphatic rings. The third-order valence-corrected chi connectivity index (χ3v) is 3.60. The van der Waals surface area contributed by atoms with Crippen LogP contribution in [0.25, 0.3) is 0 Å². The maximum absolute atomic E-state index is 13.1. The first kappa shape index (κ1) is 15.4. The second kappa shape index (κ2) is 6.52. The fraction of sp³-hybridized carbons (Fsp3) is 0.333. The number of anilines is 1. The maximum Gasteiger partial charge on any atom is 0.301 e. The number of nitrogens with one attached hydrogen (secondary N) is 1. The summed E-state index contributed by atoms with van der Waals surface area (Å²) in [5.41, 5.74) is 0.416. The molecule has 2 N–H and O–H groups in total. The maximum atomic E-state index is 13.1. The Balaban J connectivity index is 3.12. The van der Waals surface area contributed by atoms with Gasteiger partial charge in [-0.2, -0.15) is 12.7 Å². The van der Waals surface area contributed by atoms with Crippen molar-refractivity contribution < 1.29 is 17.9 Å². The number of rotatable bonds is 4. The van der Waals surface area contributed by atoms with E-state index in [1.54, 1.807) is 0 Å². The normalized spacial score (nSPS) is 11.0. The fourth-order valence-electron chi connectivity index (χ4n) is 1.15. The van der Waals surface area contributed by atoms with Gasteiger partial charge < -0.3 is 5.11 Å². The second-order valence-corrected chi connectivity index (χ2v) is 5.74. The summed E-state index contributed by atoms with van der Waals surface area (Å²) >= 11 is 0. The van der Waals surface area contributed by atoms with E-state index >= 15 is 0 Å². The minimum absolute atomic E-state index is 0.110. The number of hydrogen-bond acceptors (Lipinski definition) is 3. The first-order valence-electron chi connectivity index (χ1n) is 5.46. The molecule has 0 amide bonds. The van der Waals surface area contributed by atoms with Crippen molar-refractivity contribution in [3.05, 3.63) is 29.6 Å². The van der Waals surface area contributed by atoms with Gasteiger partial charge in [-0.25, -0.2) is 4.39 Å². The molecule has 1 rings (SSSR count). The van der Waals surface area contributed by atoms with Crippen LogP contribution in [0.3, 0.4) is 0 Å². The standard InChI is InChI=1S/C12H15FN2O3S/c1-15(2)19(17,18)14-12-7-6-11(13)9-10(12)5-3-4-8-16/h6-7,9,14,16H,4,8H2,1-2H3. The molecule has 1 aromatic rings. The Morgan fingerprint density at radius 3 is 2.68 bits per heavy atom. The van der Waals surface area contributed by atoms with Gasteiger partial charge in [-0.15, -0.1) is 0 Å². The van der Waals surface area contributed by atoms with E-state index in [1.165, 1.54) is 20.2 Å². The average Bonchev–Trinajstić information content (AvgIpc) is 2.32. The predicted octanol–water partition coefficient (Wildman–Crippen LogP) is 0.778. The zero-order valence-electron chi connectivity index (χ0n) is 10.6. The minimum Gasteiger partial charge on any atom is -0.395 e. The molecule has 1 aromatic carbocycles. The third kappa shape index (κ3) is 4.52. The molecule has 7 heteroatoms. The number of halogens is 1. The Labute approximate surface area is 112 Å². The number of aliphatic hydroxyl groups is 1. The Hall–Kier alpha value is -1.62. The van der Waals surface area contributed by atoms with Crippen molar-refractivity contribution in [1.82, 2.24) is 4.31 Å². The lowest BCUT2D eigenvalue weighted by molar-refractivity contribution is 0.305. The van der Waals surface area contributed by atoms with Gasteiger partial charge >= 0.3 is 10.2 Å². The summed E-state index contributed by atoms with van der Waals surface area (Å²) in [5, 5.41) is 8.63. The first-order chi connectivity index (χ1) is 8.86. The van der Waals surface area contributed by atoms with Gasteiger partial charge in [0.05, 0.1) is 17.9 Å². The zero-order valence-corrected chi connectivity index (χ0v) is 11.5. The van der Waals surface area contributed by atoms with Crippen molar-refractivity contribution in [2.45, 2.75) is 6.42 Å². The van der Waals surface area contributed by atoms with Crippen LogP contribution < -0.4 is 4.72 Å². The average molecular weight is 286 g/mol. The molecule has 19 heavy (non-hydrogen) atoms. The molecule has 0 aliphatic carbocycles. The van der Waals surface area contributed by atoms with Crippen LogP contribution in [-0.2, 0) is 10.2 Å². The van der Waals surface area contributed by atoms with E-state index in [1.807, 2.05) is 0 Å². The van der Waals surface area contributed by atoms with E-state index in [0.717, 1.165) is 16.4 Å². The van der Waals surface area contributed by atoms with Crippen molar-refractivity contribution in [3.8, 4) is 11.8 Å². The van der Waals surface area contributed by atoms with Crippen LogP contribution in [0, 0.1) is 17.7 Å². The van der Waals surface area contributed by atoms with E-state index in [0.29, 0.717) is 0 Å². The Bertz CT molecular complexity index is 603. The smallest absolute Gasteiger partial charge is 0.301 e. The van der Waals surface area contributed by atoms with Crippen LogP contribution in [0.2, 0.25) is 0 Å². The molecular weight excluding hydrogens is 271 g/mol. The summed E-state index contributed by atoms with van der Waals surface area (Å²) < 4.78 is 39.9. The lowest BCUT2D eigenvalue weighted by Gasteiger charge is -2.14. The van der Waals surface area contributed by atoms with Gasteiger partial charge in [0.2, 0.25) is 0 Å². The quantitative estimate of drug-likeness (QED) is 0.804. The SMILES string of the molecule is CN(C)S(=O)(=O)Nc1ccc(F)cc1C#CCCO. The lowest BCUT2D eigenvalue weighted by atomic mass is 10.2. The highest BCUT2D eigenvalue weighted by molar-refractivity contribution is 7.90. The summed E-state index contributed by atoms with van der Waals surface area (Å²) in [4.78, 5) is 0. The van der Waals surface area contributed by atoms with Crippen LogP contribution >= 0.6 is 0 Å². The molecule has 0 bridgehead atoms. The Kier molecular flexibility index (Phi) is 5.30. The zero-order chi connectivity index (χ0) is 14.5. The fourth-order valence-corrected chi connectivity index (χ4v) is 1.79. The van der Waals surface area contributed by atoms with Crippen molar-refractivity contribution in [3.63, 3.8) is 0 Å². The highest BCUT2D eigenvalue weighted by atomic mass is 32.2. The van der Waals surface area contributed by atoms with Crippen molar-refractivity contribution in [2.75, 3.05) is 25.4 Å². The molecule has 0 fully saturated rings. The Morgan fingerprint density at radius 1 is 1.42 bits per heavy atom. The van der Waals surface area contributed by atoms with Gasteiger partial charge in [0.15, 0.2) is 0 Å². The minimum atomic E-state index is -3.67. The van der Waals surface area contributed by atoms with E-state index < -0.39 is 16.0 Å². The van der Waals surface area contributed by atoms with Crippen LogP contribution in [0.15, 0.2) is 18.2 Å². The number of nitrogens with zero attached hydrogens (tertiary/aromatic N) is 1. The predicted molar refractivity (Wildman–Crippen MR) is 71.2 cm³/mol. The molecule has 0 saturated carbocycles. The number of benzene rings is 1. The van der Waals surface area contributed by atoms with Crippen LogP contribution in [0.1, 0.15) is 12.0 Å². The molecule has 0 spiro atoms. The molecule has 0 atom stereocenters. The van der Waals surface area contributed by atoms with E-state index in [-0.39, 0.29) is 24.3 Å². The third-order valence-electron chi connectivity index (χ3n) is 2.16. The molecule has 0 saturated heterocycles. The monoisotopic (exact) mass is 286 g/mol. The van der Waals surface area contributed by atoms with Gasteiger partial charge in [0.25, 0.3) is 0 Å². The second-order valence-electron chi connectivity index (χ2n) is 3.85. The number of aliphatic hydroxyl groups excluding tert-OH is 1. The lowest BCUT2D eigenvalue weighted by Crippen LogP contribution is -2.29. The molecule has 0 radical (unpaired) electrons. The first-order valence-corrected chi connectivity index (χ1v) is 6.90. The summed E-state index contributed by atoms with van der Waals surface area (Å²) in [7, 11) is -0.918. The molecule has 5 nitrogen and oxygen atoms in total. The molecule has 0 heterocycles. The molecule has 0 unspecified atom stereocenters. The molecule has 0 aliphatic heterocycles. The summed E-state index contributed by atoms with van der Waals surface area (Å²) in [6, 6.07) is 3.59. The van der Waals surface area contributed by atoms with Crippen molar-refractivity contribution in [2.24, 2.45) is 0 Å². The molecule has 104 valence electrons. The van der Waals surface area contributed by atoms with Crippen molar-refractivity contribution in [1.29, 1.82) is 0 Å². The summed E-state index contributed by atoms with van der Waals surface area (Å²) in [5.74, 6) is 4.73. The summed E-state index contributed by atoms with van der Waals surface area (Å²) in [6.07, 6.45) is 0.233.